The number of nitrogens with one attached hydrogen (secondary N) is 2. The number of rotatable bonds is 9. The van der Waals surface area contributed by atoms with Crippen molar-refractivity contribution >= 4 is 46.8 Å². The number of anilines is 3. The van der Waals surface area contributed by atoms with Crippen LogP contribution in [0, 0.1) is 23.5 Å². The molecular formula is C46H37ClF2N8O5. The van der Waals surface area contributed by atoms with Gasteiger partial charge in [-0.25, -0.2) is 28.3 Å². The summed E-state index contributed by atoms with van der Waals surface area (Å²) >= 11 is 6.82. The Balaban J connectivity index is 1.04. The van der Waals surface area contributed by atoms with Crippen LogP contribution in [0.3, 0.4) is 0 Å². The molecule has 13 nitrogen and oxygen atoms in total. The minimum absolute atomic E-state index is 0.0135. The molecule has 0 bridgehead atoms. The fourth-order valence-electron chi connectivity index (χ4n) is 7.52. The first-order chi connectivity index (χ1) is 29.9. The Hall–Kier alpha value is -7.54. The van der Waals surface area contributed by atoms with Crippen LogP contribution in [0.15, 0.2) is 97.2 Å². The van der Waals surface area contributed by atoms with E-state index in [2.05, 4.69) is 32.4 Å². The van der Waals surface area contributed by atoms with Gasteiger partial charge in [-0.3, -0.25) is 14.6 Å². The van der Waals surface area contributed by atoms with Gasteiger partial charge in [0.05, 0.1) is 35.2 Å². The van der Waals surface area contributed by atoms with Crippen LogP contribution < -0.4 is 26.2 Å². The molecule has 0 unspecified atom stereocenters. The van der Waals surface area contributed by atoms with Crippen molar-refractivity contribution in [1.29, 1.82) is 0 Å². The Morgan fingerprint density at radius 1 is 0.855 bits per heavy atom. The average Bonchev–Trinajstić information content (AvgIpc) is 3.85. The smallest absolute Gasteiger partial charge is 0.325 e. The molecule has 312 valence electrons. The van der Waals surface area contributed by atoms with E-state index >= 15 is 4.39 Å². The number of carbonyl (C=O) groups is 3. The fourth-order valence-corrected chi connectivity index (χ4v) is 7.80. The first-order valence-corrected chi connectivity index (χ1v) is 19.8. The molecule has 6 N–H and O–H groups in total. The number of halogens is 3. The first kappa shape index (κ1) is 41.2. The van der Waals surface area contributed by atoms with Crippen molar-refractivity contribution in [3.05, 3.63) is 125 Å². The third kappa shape index (κ3) is 8.29. The van der Waals surface area contributed by atoms with Crippen LogP contribution in [0.4, 0.5) is 35.6 Å². The second kappa shape index (κ2) is 17.2. The molecule has 5 amide bonds. The van der Waals surface area contributed by atoms with E-state index in [-0.39, 0.29) is 65.0 Å². The van der Waals surface area contributed by atoms with Crippen LogP contribution in [0.25, 0.3) is 44.5 Å². The maximum absolute atomic E-state index is 15.2. The zero-order valence-electron chi connectivity index (χ0n) is 33.0. The van der Waals surface area contributed by atoms with Gasteiger partial charge in [-0.05, 0) is 88.8 Å². The number of nitrogens with zero attached hydrogens (tertiary/aromatic N) is 5. The van der Waals surface area contributed by atoms with E-state index in [4.69, 9.17) is 17.3 Å². The summed E-state index contributed by atoms with van der Waals surface area (Å²) in [5.41, 5.74) is 9.80. The Labute approximate surface area is 359 Å². The van der Waals surface area contributed by atoms with Crippen LogP contribution >= 0.6 is 11.6 Å². The molecule has 2 aliphatic rings. The molecule has 6 aromatic rings. The number of carbonyl (C=O) groups excluding carboxylic acids is 3. The lowest BCUT2D eigenvalue weighted by Gasteiger charge is -2.21. The van der Waals surface area contributed by atoms with Crippen molar-refractivity contribution in [1.82, 2.24) is 20.2 Å². The molecule has 2 aliphatic heterocycles. The Morgan fingerprint density at radius 3 is 2.26 bits per heavy atom. The molecule has 2 saturated heterocycles. The van der Waals surface area contributed by atoms with E-state index in [1.807, 2.05) is 0 Å². The van der Waals surface area contributed by atoms with Gasteiger partial charge in [0.1, 0.15) is 34.6 Å². The number of aromatic hydroxyl groups is 2. The third-order valence-electron chi connectivity index (χ3n) is 10.4. The summed E-state index contributed by atoms with van der Waals surface area (Å²) in [6.45, 7) is 2.91. The number of hydrogen-bond acceptors (Lipinski definition) is 8. The van der Waals surface area contributed by atoms with Crippen molar-refractivity contribution in [3.63, 3.8) is 0 Å². The van der Waals surface area contributed by atoms with Crippen LogP contribution in [0.5, 0.6) is 11.5 Å². The van der Waals surface area contributed by atoms with E-state index in [9.17, 15) is 29.0 Å². The molecule has 62 heavy (non-hydrogen) atoms. The molecule has 0 spiro atoms. The summed E-state index contributed by atoms with van der Waals surface area (Å²) in [7, 11) is 0. The minimum Gasteiger partial charge on any atom is -0.507 e. The lowest BCUT2D eigenvalue weighted by atomic mass is 9.96. The van der Waals surface area contributed by atoms with Gasteiger partial charge in [0.15, 0.2) is 0 Å². The molecule has 2 aromatic heterocycles. The summed E-state index contributed by atoms with van der Waals surface area (Å²) in [5.74, 6) is 4.06. The molecular weight excluding hydrogens is 818 g/mol. The summed E-state index contributed by atoms with van der Waals surface area (Å²) in [4.78, 5) is 51.2. The number of nitrogens with two attached hydrogens (primary N) is 1. The second-order valence-electron chi connectivity index (χ2n) is 14.5. The van der Waals surface area contributed by atoms with E-state index in [1.165, 1.54) is 47.2 Å². The highest BCUT2D eigenvalue weighted by atomic mass is 35.5. The molecule has 4 aromatic carbocycles. The fraction of sp³-hybridized carbons (Fsp3) is 0.152. The van der Waals surface area contributed by atoms with E-state index in [0.29, 0.717) is 75.9 Å². The summed E-state index contributed by atoms with van der Waals surface area (Å²) in [5, 5.41) is 28.3. The van der Waals surface area contributed by atoms with Gasteiger partial charge < -0.3 is 31.5 Å². The van der Waals surface area contributed by atoms with Gasteiger partial charge in [0.2, 0.25) is 5.91 Å². The largest absolute Gasteiger partial charge is 0.507 e. The van der Waals surface area contributed by atoms with Crippen molar-refractivity contribution < 1.29 is 33.4 Å². The molecule has 16 heteroatoms. The maximum atomic E-state index is 15.2. The molecule has 0 saturated carbocycles. The number of phenolic OH excluding ortho intramolecular Hbond substituents is 2. The number of para-hydroxylation sites is 1. The van der Waals surface area contributed by atoms with Crippen LogP contribution in [0.2, 0.25) is 5.02 Å². The third-order valence-corrected chi connectivity index (χ3v) is 10.7. The predicted molar refractivity (Wildman–Crippen MR) is 233 cm³/mol. The normalized spacial score (nSPS) is 13.6. The Morgan fingerprint density at radius 2 is 1.56 bits per heavy atom. The lowest BCUT2D eigenvalue weighted by molar-refractivity contribution is -0.114. The van der Waals surface area contributed by atoms with E-state index in [1.54, 1.807) is 71.6 Å². The van der Waals surface area contributed by atoms with Crippen molar-refractivity contribution in [2.75, 3.05) is 47.8 Å². The topological polar surface area (TPSA) is 177 Å². The predicted octanol–water partition coefficient (Wildman–Crippen LogP) is 7.73. The van der Waals surface area contributed by atoms with Crippen molar-refractivity contribution in [2.24, 2.45) is 5.73 Å². The van der Waals surface area contributed by atoms with Gasteiger partial charge >= 0.3 is 12.1 Å². The number of benzene rings is 4. The van der Waals surface area contributed by atoms with Gasteiger partial charge in [0.25, 0.3) is 0 Å². The SMILES string of the molecule is CC(=O)Nc1ccc(-c2cccc(-c3cc(C#CCN)nc(CN4CCN(c5ccc(-c6cc(F)cc(-c7ccnc(N8CCNC8=O)c7)c6O)cc5Cl)C4=O)c3)c2O)cc1F. The highest BCUT2D eigenvalue weighted by Gasteiger charge is 2.32. The monoisotopic (exact) mass is 854 g/mol. The number of hydrogen-bond donors (Lipinski definition) is 5. The zero-order valence-corrected chi connectivity index (χ0v) is 33.8. The maximum Gasteiger partial charge on any atom is 0.325 e. The average molecular weight is 855 g/mol. The summed E-state index contributed by atoms with van der Waals surface area (Å²) < 4.78 is 30.1. The van der Waals surface area contributed by atoms with Crippen molar-refractivity contribution in [2.45, 2.75) is 13.5 Å². The highest BCUT2D eigenvalue weighted by molar-refractivity contribution is 6.34. The quantitative estimate of drug-likeness (QED) is 0.0918. The number of phenols is 2. The number of amides is 5. The molecule has 8 rings (SSSR count). The number of pyridine rings is 2. The zero-order chi connectivity index (χ0) is 43.7. The van der Waals surface area contributed by atoms with Crippen LogP contribution in [-0.2, 0) is 11.3 Å². The molecule has 0 radical (unpaired) electrons. The highest BCUT2D eigenvalue weighted by Crippen LogP contribution is 2.43. The second-order valence-corrected chi connectivity index (χ2v) is 14.9. The summed E-state index contributed by atoms with van der Waals surface area (Å²) in [6.07, 6.45) is 1.48. The Kier molecular flexibility index (Phi) is 11.4. The first-order valence-electron chi connectivity index (χ1n) is 19.4. The standard InChI is InChI=1S/C46H37ClF2N8O5/c1-26(58)53-40-9-7-28(21-39(40)49)34-5-2-6-35(43(34)59)30-18-32(4-3-12-50)54-33(19-30)25-55-16-17-56(46(55)62)41-10-8-27(20-38(41)47)36-23-31(48)24-37(44(36)60)29-11-13-51-42(22-29)57-15-14-52-45(57)61/h2,5-11,13,18-24,59-60H,12,14-17,25,50H2,1H3,(H,52,61)(H,53,58). The van der Waals surface area contributed by atoms with Gasteiger partial charge in [0, 0.05) is 61.6 Å². The number of aromatic nitrogens is 2. The van der Waals surface area contributed by atoms with Gasteiger partial charge in [-0.15, -0.1) is 0 Å². The Bertz CT molecular complexity index is 2870. The number of urea groups is 2. The van der Waals surface area contributed by atoms with Crippen LogP contribution in [-0.4, -0.2) is 75.8 Å². The minimum atomic E-state index is -0.665. The van der Waals surface area contributed by atoms with E-state index < -0.39 is 17.5 Å². The summed E-state index contributed by atoms with van der Waals surface area (Å²) in [6, 6.07) is 22.5. The molecule has 0 aliphatic carbocycles. The van der Waals surface area contributed by atoms with Crippen molar-refractivity contribution in [3.8, 4) is 67.8 Å². The van der Waals surface area contributed by atoms with Crippen LogP contribution in [0.1, 0.15) is 18.3 Å². The lowest BCUT2D eigenvalue weighted by Crippen LogP contribution is -2.31. The van der Waals surface area contributed by atoms with E-state index in [0.717, 1.165) is 0 Å². The molecule has 2 fully saturated rings. The van der Waals surface area contributed by atoms with Gasteiger partial charge in [-0.1, -0.05) is 47.9 Å². The van der Waals surface area contributed by atoms with Gasteiger partial charge in [-0.2, -0.15) is 0 Å². The molecule has 0 atom stereocenters. The molecule has 4 heterocycles.